The Morgan fingerprint density at radius 3 is 0.375 bits per heavy atom. The Kier molecular flexibility index (Phi) is 79.6. The van der Waals surface area contributed by atoms with Gasteiger partial charge in [-0.05, 0) is 0 Å². The maximum Gasteiger partial charge on any atom is 3.00 e. The third-order valence-electron chi connectivity index (χ3n) is 0.500. The molecule has 0 aromatic rings. The second kappa shape index (κ2) is 33.7. The second-order valence-corrected chi connectivity index (χ2v) is 1.72. The number of hydrogen-bond acceptors (Lipinski definition) is 12. The first-order valence-corrected chi connectivity index (χ1v) is 3.20. The molecule has 18 heteroatoms. The topological polar surface area (TPSA) is 367 Å². The third-order valence-corrected chi connectivity index (χ3v) is 0.500. The average Bonchev–Trinajstić information content (AvgIpc) is 2.18. The molecule has 0 unspecified atom stereocenters. The van der Waals surface area contributed by atoms with Crippen molar-refractivity contribution in [2.45, 2.75) is 0 Å². The van der Waals surface area contributed by atoms with Gasteiger partial charge >= 0.3 is 73.7 Å². The van der Waals surface area contributed by atoms with Gasteiger partial charge in [-0.2, -0.15) is 0 Å². The summed E-state index contributed by atoms with van der Waals surface area (Å²) < 4.78 is 0. The molecule has 0 amide bonds. The molecule has 158 valence electrons. The van der Waals surface area contributed by atoms with Crippen molar-refractivity contribution in [2.24, 2.45) is 0 Å². The summed E-state index contributed by atoms with van der Waals surface area (Å²) in [6.45, 7) is 0. The summed E-state index contributed by atoms with van der Waals surface area (Å²) in [6.07, 6.45) is 0. The predicted octanol–water partition coefficient (Wildman–Crippen LogP) is -13.8. The van der Waals surface area contributed by atoms with Gasteiger partial charge in [-0.3, -0.25) is 0 Å². The molecule has 0 aliphatic carbocycles. The molecule has 16 nitrogen and oxygen atoms in total. The van der Waals surface area contributed by atoms with Gasteiger partial charge in [-0.15, -0.1) is 0 Å². The fourth-order valence-corrected chi connectivity index (χ4v) is 0. The van der Waals surface area contributed by atoms with E-state index in [-0.39, 0.29) is 95.7 Å². The van der Waals surface area contributed by atoms with Crippen molar-refractivity contribution in [3.05, 3.63) is 0 Å². The standard InChI is InChI=1S/3C2H2O4.2Lu.4H2O/c3*3-1(4)2(5)6;;;;;;/h3*(H,3,4)(H,5,6);;;4*1H2/q;;;2*+3;;;;/p-6. The van der Waals surface area contributed by atoms with Gasteiger partial charge in [-0.1, -0.05) is 0 Å². The molecule has 0 fully saturated rings. The number of carbonyl (C=O) groups excluding carboxylic acids is 6. The second-order valence-electron chi connectivity index (χ2n) is 1.72. The Hall–Kier alpha value is -0.872. The fraction of sp³-hybridized carbons (Fsp3) is 0. The molecule has 0 bridgehead atoms. The van der Waals surface area contributed by atoms with Crippen molar-refractivity contribution in [1.29, 1.82) is 0 Å². The zero-order valence-electron chi connectivity index (χ0n) is 10.4. The Bertz CT molecular complexity index is 284. The summed E-state index contributed by atoms with van der Waals surface area (Å²) in [6, 6.07) is 0. The van der Waals surface area contributed by atoms with Gasteiger partial charge in [0, 0.05) is 0 Å². The van der Waals surface area contributed by atoms with Crippen LogP contribution in [0.1, 0.15) is 0 Å². The normalized spacial score (nSPS) is 5.50. The van der Waals surface area contributed by atoms with Crippen LogP contribution in [-0.4, -0.2) is 57.7 Å². The first-order valence-electron chi connectivity index (χ1n) is 3.20. The SMILES string of the molecule is O.O.O.O.O=C([O-])C(=O)[O-].O=C([O-])C(=O)[O-].O=C([O-])C(=O)[O-].[Lu+3].[Lu+3]. The minimum atomic E-state index is -2.19. The van der Waals surface area contributed by atoms with Gasteiger partial charge < -0.3 is 81.3 Å². The third kappa shape index (κ3) is 69.1. The van der Waals surface area contributed by atoms with E-state index >= 15 is 0 Å². The number of carboxylic acids is 6. The number of hydrogen-bond donors (Lipinski definition) is 0. The van der Waals surface area contributed by atoms with Crippen LogP contribution in [0.4, 0.5) is 0 Å². The van der Waals surface area contributed by atoms with E-state index in [0.717, 1.165) is 0 Å². The van der Waals surface area contributed by atoms with Crippen LogP contribution in [0.15, 0.2) is 0 Å². The van der Waals surface area contributed by atoms with E-state index in [9.17, 15) is 0 Å². The Labute approximate surface area is 189 Å². The first-order chi connectivity index (χ1) is 7.93. The molecule has 0 spiro atoms. The summed E-state index contributed by atoms with van der Waals surface area (Å²) in [7, 11) is 0. The quantitative estimate of drug-likeness (QED) is 0.214. The number of carboxylic acid groups (broad SMARTS) is 6. The zero-order chi connectivity index (χ0) is 15.5. The molecule has 0 aliphatic rings. The van der Waals surface area contributed by atoms with E-state index in [1.807, 2.05) is 0 Å². The van der Waals surface area contributed by atoms with Crippen LogP contribution in [0.2, 0.25) is 0 Å². The van der Waals surface area contributed by atoms with Gasteiger partial charge in [0.05, 0.1) is 35.8 Å². The molecule has 0 saturated carbocycles. The smallest absolute Gasteiger partial charge is 0.543 e. The molecule has 24 heavy (non-hydrogen) atoms. The van der Waals surface area contributed by atoms with Crippen LogP contribution in [-0.2, 0) is 28.8 Å². The van der Waals surface area contributed by atoms with Crippen LogP contribution in [0.25, 0.3) is 0 Å². The van der Waals surface area contributed by atoms with E-state index in [4.69, 9.17) is 59.4 Å². The monoisotopic (exact) mass is 686 g/mol. The van der Waals surface area contributed by atoms with Crippen molar-refractivity contribution >= 4 is 35.8 Å². The van der Waals surface area contributed by atoms with Gasteiger partial charge in [0.2, 0.25) is 0 Å². The van der Waals surface area contributed by atoms with Crippen molar-refractivity contribution in [1.82, 2.24) is 0 Å². The van der Waals surface area contributed by atoms with Gasteiger partial charge in [0.15, 0.2) is 0 Å². The average molecular weight is 686 g/mol. The Balaban J connectivity index is -0.0000000179. The molecule has 0 radical (unpaired) electrons. The maximum atomic E-state index is 8.93. The van der Waals surface area contributed by atoms with Crippen molar-refractivity contribution in [2.75, 3.05) is 0 Å². The molecule has 0 aliphatic heterocycles. The van der Waals surface area contributed by atoms with E-state index in [1.165, 1.54) is 0 Å². The molecule has 0 rings (SSSR count). The minimum Gasteiger partial charge on any atom is -0.543 e. The molecule has 0 aromatic carbocycles. The predicted molar refractivity (Wildman–Crippen MR) is 44.5 cm³/mol. The van der Waals surface area contributed by atoms with E-state index < -0.39 is 35.8 Å². The molecule has 0 atom stereocenters. The fourth-order valence-electron chi connectivity index (χ4n) is 0. The van der Waals surface area contributed by atoms with E-state index in [2.05, 4.69) is 0 Å². The molecule has 8 N–H and O–H groups in total. The Morgan fingerprint density at radius 1 is 0.333 bits per heavy atom. The van der Waals surface area contributed by atoms with Crippen molar-refractivity contribution < 1.29 is 155 Å². The largest absolute Gasteiger partial charge is 3.00 e. The first kappa shape index (κ1) is 56.7. The summed E-state index contributed by atoms with van der Waals surface area (Å²) in [4.78, 5) is 53.6. The number of aliphatic carboxylic acids is 6. The molecule has 0 heterocycles. The minimum absolute atomic E-state index is 0. The van der Waals surface area contributed by atoms with Crippen LogP contribution in [0.5, 0.6) is 0 Å². The molecule has 0 aromatic heterocycles. The van der Waals surface area contributed by atoms with Crippen LogP contribution in [0.3, 0.4) is 0 Å². The molecular formula is C6H8Lu2O16. The van der Waals surface area contributed by atoms with E-state index in [1.54, 1.807) is 0 Å². The number of carbonyl (C=O) groups is 6. The summed E-state index contributed by atoms with van der Waals surface area (Å²) in [5, 5.41) is 53.6. The Morgan fingerprint density at radius 2 is 0.375 bits per heavy atom. The van der Waals surface area contributed by atoms with Crippen molar-refractivity contribution in [3.8, 4) is 0 Å². The maximum absolute atomic E-state index is 8.93. The van der Waals surface area contributed by atoms with Crippen LogP contribution in [0, 0.1) is 73.7 Å². The van der Waals surface area contributed by atoms with Crippen molar-refractivity contribution in [3.63, 3.8) is 0 Å². The molecule has 0 saturated heterocycles. The zero-order valence-corrected chi connectivity index (χ0v) is 13.7. The van der Waals surface area contributed by atoms with Crippen LogP contribution < -0.4 is 30.6 Å². The summed E-state index contributed by atoms with van der Waals surface area (Å²) in [5.74, 6) is -13.1. The van der Waals surface area contributed by atoms with Crippen LogP contribution >= 0.6 is 0 Å². The summed E-state index contributed by atoms with van der Waals surface area (Å²) in [5.41, 5.74) is 0. The van der Waals surface area contributed by atoms with Gasteiger partial charge in [0.25, 0.3) is 0 Å². The van der Waals surface area contributed by atoms with E-state index in [0.29, 0.717) is 0 Å². The number of rotatable bonds is 0. The molecular weight excluding hydrogens is 678 g/mol. The van der Waals surface area contributed by atoms with Gasteiger partial charge in [-0.25, -0.2) is 0 Å². The van der Waals surface area contributed by atoms with Gasteiger partial charge in [0.1, 0.15) is 0 Å². The summed E-state index contributed by atoms with van der Waals surface area (Å²) >= 11 is 0.